The van der Waals surface area contributed by atoms with E-state index in [1.165, 1.54) is 12.1 Å². The highest BCUT2D eigenvalue weighted by atomic mass is 19.1. The third kappa shape index (κ3) is 1.89. The normalized spacial score (nSPS) is 10.3. The van der Waals surface area contributed by atoms with E-state index in [-0.39, 0.29) is 5.82 Å². The number of aryl methyl sites for hydroxylation is 1. The molecule has 0 radical (unpaired) electrons. The minimum atomic E-state index is -0.409. The molecular formula is C13H10F2. The molecule has 0 aliphatic heterocycles. The van der Waals surface area contributed by atoms with Crippen LogP contribution in [-0.2, 0) is 0 Å². The molecule has 76 valence electrons. The average Bonchev–Trinajstić information content (AvgIpc) is 2.24. The average molecular weight is 204 g/mol. The van der Waals surface area contributed by atoms with E-state index in [1.54, 1.807) is 31.2 Å². The van der Waals surface area contributed by atoms with Crippen LogP contribution in [-0.4, -0.2) is 0 Å². The Kier molecular flexibility index (Phi) is 2.50. The van der Waals surface area contributed by atoms with Gasteiger partial charge in [-0.1, -0.05) is 30.3 Å². The Balaban J connectivity index is 2.63. The van der Waals surface area contributed by atoms with Gasteiger partial charge in [0.2, 0.25) is 0 Å². The predicted octanol–water partition coefficient (Wildman–Crippen LogP) is 3.94. The minimum Gasteiger partial charge on any atom is -0.207 e. The first-order chi connectivity index (χ1) is 7.18. The summed E-state index contributed by atoms with van der Waals surface area (Å²) in [5.74, 6) is -0.768. The lowest BCUT2D eigenvalue weighted by atomic mass is 10.0. The summed E-state index contributed by atoms with van der Waals surface area (Å²) in [6.07, 6.45) is 0. The van der Waals surface area contributed by atoms with Crippen LogP contribution in [0.2, 0.25) is 0 Å². The second kappa shape index (κ2) is 3.81. The van der Waals surface area contributed by atoms with E-state index >= 15 is 0 Å². The van der Waals surface area contributed by atoms with Gasteiger partial charge in [0.15, 0.2) is 0 Å². The number of hydrogen-bond acceptors (Lipinski definition) is 0. The molecule has 15 heavy (non-hydrogen) atoms. The van der Waals surface area contributed by atoms with E-state index in [9.17, 15) is 8.78 Å². The van der Waals surface area contributed by atoms with Gasteiger partial charge in [0.25, 0.3) is 0 Å². The first kappa shape index (κ1) is 9.84. The maximum absolute atomic E-state index is 13.7. The smallest absolute Gasteiger partial charge is 0.134 e. The summed E-state index contributed by atoms with van der Waals surface area (Å²) < 4.78 is 26.8. The topological polar surface area (TPSA) is 0 Å². The molecule has 0 nitrogen and oxygen atoms in total. The summed E-state index contributed by atoms with van der Waals surface area (Å²) in [6, 6.07) is 11.4. The SMILES string of the molecule is Cc1cc(F)cc(-c2ccccc2)c1F. The van der Waals surface area contributed by atoms with Crippen LogP contribution in [0.15, 0.2) is 42.5 Å². The van der Waals surface area contributed by atoms with E-state index in [0.717, 1.165) is 0 Å². The summed E-state index contributed by atoms with van der Waals surface area (Å²) in [4.78, 5) is 0. The van der Waals surface area contributed by atoms with E-state index < -0.39 is 5.82 Å². The summed E-state index contributed by atoms with van der Waals surface area (Å²) in [6.45, 7) is 1.56. The van der Waals surface area contributed by atoms with Crippen molar-refractivity contribution in [3.63, 3.8) is 0 Å². The van der Waals surface area contributed by atoms with E-state index in [0.29, 0.717) is 16.7 Å². The third-order valence-electron chi connectivity index (χ3n) is 2.30. The van der Waals surface area contributed by atoms with Gasteiger partial charge in [-0.05, 0) is 30.2 Å². The van der Waals surface area contributed by atoms with Crippen LogP contribution in [0.3, 0.4) is 0 Å². The van der Waals surface area contributed by atoms with Gasteiger partial charge >= 0.3 is 0 Å². The van der Waals surface area contributed by atoms with Gasteiger partial charge in [-0.2, -0.15) is 0 Å². The van der Waals surface area contributed by atoms with Crippen LogP contribution in [0.4, 0.5) is 8.78 Å². The molecule has 0 aliphatic carbocycles. The summed E-state index contributed by atoms with van der Waals surface area (Å²) in [7, 11) is 0. The molecule has 0 unspecified atom stereocenters. The minimum absolute atomic E-state index is 0.313. The first-order valence-corrected chi connectivity index (χ1v) is 4.69. The van der Waals surface area contributed by atoms with Crippen molar-refractivity contribution in [2.45, 2.75) is 6.92 Å². The Labute approximate surface area is 87.2 Å². The Hall–Kier alpha value is -1.70. The van der Waals surface area contributed by atoms with Crippen LogP contribution < -0.4 is 0 Å². The van der Waals surface area contributed by atoms with Crippen molar-refractivity contribution in [3.8, 4) is 11.1 Å². The molecule has 2 aromatic carbocycles. The van der Waals surface area contributed by atoms with Crippen molar-refractivity contribution in [2.75, 3.05) is 0 Å². The predicted molar refractivity (Wildman–Crippen MR) is 56.5 cm³/mol. The molecule has 2 rings (SSSR count). The molecule has 0 aromatic heterocycles. The Morgan fingerprint density at radius 1 is 0.933 bits per heavy atom. The summed E-state index contributed by atoms with van der Waals surface area (Å²) >= 11 is 0. The molecular weight excluding hydrogens is 194 g/mol. The fourth-order valence-corrected chi connectivity index (χ4v) is 1.55. The fraction of sp³-hybridized carbons (Fsp3) is 0.0769. The van der Waals surface area contributed by atoms with Crippen LogP contribution >= 0.6 is 0 Å². The van der Waals surface area contributed by atoms with Gasteiger partial charge in [0, 0.05) is 5.56 Å². The number of benzene rings is 2. The number of rotatable bonds is 1. The monoisotopic (exact) mass is 204 g/mol. The van der Waals surface area contributed by atoms with Crippen molar-refractivity contribution in [1.82, 2.24) is 0 Å². The van der Waals surface area contributed by atoms with Crippen molar-refractivity contribution < 1.29 is 8.78 Å². The number of halogens is 2. The molecule has 0 amide bonds. The molecule has 2 aromatic rings. The van der Waals surface area contributed by atoms with Crippen molar-refractivity contribution >= 4 is 0 Å². The molecule has 0 saturated carbocycles. The maximum atomic E-state index is 13.7. The second-order valence-electron chi connectivity index (χ2n) is 3.45. The van der Waals surface area contributed by atoms with E-state index in [4.69, 9.17) is 0 Å². The van der Waals surface area contributed by atoms with Gasteiger partial charge in [-0.3, -0.25) is 0 Å². The zero-order valence-electron chi connectivity index (χ0n) is 8.30. The Bertz CT molecular complexity index is 475. The largest absolute Gasteiger partial charge is 0.207 e. The van der Waals surface area contributed by atoms with Crippen LogP contribution in [0.1, 0.15) is 5.56 Å². The fourth-order valence-electron chi connectivity index (χ4n) is 1.55. The lowest BCUT2D eigenvalue weighted by Gasteiger charge is -2.06. The van der Waals surface area contributed by atoms with Crippen LogP contribution in [0, 0.1) is 18.6 Å². The molecule has 2 heteroatoms. The van der Waals surface area contributed by atoms with Crippen LogP contribution in [0.25, 0.3) is 11.1 Å². The Morgan fingerprint density at radius 3 is 2.27 bits per heavy atom. The van der Waals surface area contributed by atoms with Gasteiger partial charge < -0.3 is 0 Å². The highest BCUT2D eigenvalue weighted by Gasteiger charge is 2.09. The lowest BCUT2D eigenvalue weighted by Crippen LogP contribution is -1.90. The number of hydrogen-bond donors (Lipinski definition) is 0. The molecule has 0 N–H and O–H groups in total. The van der Waals surface area contributed by atoms with Gasteiger partial charge in [-0.25, -0.2) is 8.78 Å². The highest BCUT2D eigenvalue weighted by molar-refractivity contribution is 5.64. The molecule has 0 atom stereocenters. The molecule has 0 bridgehead atoms. The summed E-state index contributed by atoms with van der Waals surface area (Å²) in [5.41, 5.74) is 1.33. The van der Waals surface area contributed by atoms with Gasteiger partial charge in [-0.15, -0.1) is 0 Å². The lowest BCUT2D eigenvalue weighted by molar-refractivity contribution is 0.595. The van der Waals surface area contributed by atoms with E-state index in [2.05, 4.69) is 0 Å². The quantitative estimate of drug-likeness (QED) is 0.660. The molecule has 0 spiro atoms. The Morgan fingerprint density at radius 2 is 1.60 bits per heavy atom. The molecule has 0 heterocycles. The molecule has 0 saturated heterocycles. The van der Waals surface area contributed by atoms with Crippen LogP contribution in [0.5, 0.6) is 0 Å². The van der Waals surface area contributed by atoms with Crippen molar-refractivity contribution in [2.24, 2.45) is 0 Å². The van der Waals surface area contributed by atoms with Crippen molar-refractivity contribution in [3.05, 3.63) is 59.7 Å². The van der Waals surface area contributed by atoms with E-state index in [1.807, 2.05) is 6.07 Å². The third-order valence-corrected chi connectivity index (χ3v) is 2.30. The first-order valence-electron chi connectivity index (χ1n) is 4.69. The summed E-state index contributed by atoms with van der Waals surface area (Å²) in [5, 5.41) is 0. The second-order valence-corrected chi connectivity index (χ2v) is 3.45. The van der Waals surface area contributed by atoms with Gasteiger partial charge in [0.05, 0.1) is 0 Å². The van der Waals surface area contributed by atoms with Crippen molar-refractivity contribution in [1.29, 1.82) is 0 Å². The van der Waals surface area contributed by atoms with Gasteiger partial charge in [0.1, 0.15) is 11.6 Å². The zero-order chi connectivity index (χ0) is 10.8. The maximum Gasteiger partial charge on any atom is 0.134 e. The highest BCUT2D eigenvalue weighted by Crippen LogP contribution is 2.25. The zero-order valence-corrected chi connectivity index (χ0v) is 8.30. The molecule has 0 aliphatic rings. The standard InChI is InChI=1S/C13H10F2/c1-9-7-11(14)8-12(13(9)15)10-5-3-2-4-6-10/h2-8H,1H3. The molecule has 0 fully saturated rings.